The molecular weight excluding hydrogens is 691 g/mol. The van der Waals surface area contributed by atoms with Gasteiger partial charge in [0.1, 0.15) is 29.1 Å². The number of ether oxygens (including phenoxy) is 5. The summed E-state index contributed by atoms with van der Waals surface area (Å²) >= 11 is 0. The lowest BCUT2D eigenvalue weighted by atomic mass is 10.1. The van der Waals surface area contributed by atoms with E-state index in [4.69, 9.17) is 18.9 Å². The van der Waals surface area contributed by atoms with Gasteiger partial charge in [-0.3, -0.25) is 19.2 Å². The predicted molar refractivity (Wildman–Crippen MR) is 174 cm³/mol. The van der Waals surface area contributed by atoms with Crippen molar-refractivity contribution in [1.82, 2.24) is 0 Å². The molecule has 4 aromatic carbocycles. The minimum atomic E-state index is -4.50. The van der Waals surface area contributed by atoms with Crippen LogP contribution in [0.5, 0.6) is 23.0 Å². The second-order valence-corrected chi connectivity index (χ2v) is 10.9. The van der Waals surface area contributed by atoms with Crippen molar-refractivity contribution in [3.63, 3.8) is 0 Å². The van der Waals surface area contributed by atoms with Crippen molar-refractivity contribution in [1.29, 1.82) is 0 Å². The molecule has 0 aromatic heterocycles. The number of hydrogen-bond acceptors (Lipinski definition) is 11. The molecule has 5 rings (SSSR count). The number of rotatable bonds is 12. The molecule has 1 atom stereocenters. The van der Waals surface area contributed by atoms with Gasteiger partial charge in [0.25, 0.3) is 11.8 Å². The second-order valence-electron chi connectivity index (χ2n) is 10.9. The first-order chi connectivity index (χ1) is 24.7. The van der Waals surface area contributed by atoms with E-state index in [1.165, 1.54) is 104 Å². The van der Waals surface area contributed by atoms with Crippen LogP contribution in [0.1, 0.15) is 45.7 Å². The number of alkyl halides is 3. The van der Waals surface area contributed by atoms with Crippen molar-refractivity contribution in [2.75, 3.05) is 11.5 Å². The number of imide groups is 1. The second kappa shape index (κ2) is 15.8. The molecule has 4 aromatic rings. The lowest BCUT2D eigenvalue weighted by molar-refractivity contribution is -0.153. The van der Waals surface area contributed by atoms with Gasteiger partial charge in [-0.15, -0.1) is 0 Å². The highest BCUT2D eigenvalue weighted by molar-refractivity contribution is 6.28. The van der Waals surface area contributed by atoms with E-state index in [0.717, 1.165) is 17.1 Å². The SMILES string of the molecule is CC(=O)OC(CC(=O)Oc1ccc(N2C(=O)C=CC2=O)cc1)c1ccc(OC(=O)c2ccc(OC(=O)c3ccc(OCC(F)(F)F)cc3)cc2)cc1. The monoisotopic (exact) mass is 717 g/mol. The van der Waals surface area contributed by atoms with E-state index in [2.05, 4.69) is 4.74 Å². The fourth-order valence-electron chi connectivity index (χ4n) is 4.66. The van der Waals surface area contributed by atoms with E-state index in [0.29, 0.717) is 11.3 Å². The number of amides is 2. The maximum atomic E-state index is 12.7. The van der Waals surface area contributed by atoms with Crippen LogP contribution in [0, 0.1) is 0 Å². The molecule has 0 saturated carbocycles. The molecule has 1 heterocycles. The average molecular weight is 718 g/mol. The maximum absolute atomic E-state index is 12.7. The van der Waals surface area contributed by atoms with Crippen molar-refractivity contribution < 1.29 is 65.6 Å². The highest BCUT2D eigenvalue weighted by Crippen LogP contribution is 2.28. The van der Waals surface area contributed by atoms with E-state index < -0.39 is 54.6 Å². The summed E-state index contributed by atoms with van der Waals surface area (Å²) < 4.78 is 62.9. The minimum absolute atomic E-state index is 0.0548. The number of carbonyl (C=O) groups is 6. The summed E-state index contributed by atoms with van der Waals surface area (Å²) in [7, 11) is 0. The molecule has 0 fully saturated rings. The summed E-state index contributed by atoms with van der Waals surface area (Å²) in [4.78, 5) is 74.4. The highest BCUT2D eigenvalue weighted by Gasteiger charge is 2.29. The molecule has 0 bridgehead atoms. The van der Waals surface area contributed by atoms with E-state index >= 15 is 0 Å². The Kier molecular flexibility index (Phi) is 11.1. The van der Waals surface area contributed by atoms with Crippen molar-refractivity contribution in [2.24, 2.45) is 0 Å². The third-order valence-electron chi connectivity index (χ3n) is 7.05. The number of hydrogen-bond donors (Lipinski definition) is 0. The topological polar surface area (TPSA) is 152 Å². The van der Waals surface area contributed by atoms with Gasteiger partial charge in [-0.25, -0.2) is 14.5 Å². The van der Waals surface area contributed by atoms with Crippen LogP contribution in [0.4, 0.5) is 18.9 Å². The molecule has 15 heteroatoms. The number of benzene rings is 4. The zero-order chi connectivity index (χ0) is 37.4. The molecule has 0 spiro atoms. The summed E-state index contributed by atoms with van der Waals surface area (Å²) in [6.45, 7) is -0.298. The standard InChI is InChI=1S/C37H26F3NO11/c1-22(42)49-31(20-34(45)50-28-16-8-26(9-17-28)41-32(43)18-19-33(41)44)23-2-12-29(13-3-23)51-36(47)25-6-14-30(15-7-25)52-35(46)24-4-10-27(11-5-24)48-21-37(38,39)40/h2-19,31H,20-21H2,1H3. The Hall–Kier alpha value is -6.77. The zero-order valence-corrected chi connectivity index (χ0v) is 27.0. The third-order valence-corrected chi connectivity index (χ3v) is 7.05. The Morgan fingerprint density at radius 2 is 1.08 bits per heavy atom. The van der Waals surface area contributed by atoms with E-state index in [9.17, 15) is 41.9 Å². The highest BCUT2D eigenvalue weighted by atomic mass is 19.4. The summed E-state index contributed by atoms with van der Waals surface area (Å²) in [5.41, 5.74) is 0.857. The summed E-state index contributed by atoms with van der Waals surface area (Å²) in [6.07, 6.45) is -3.63. The quantitative estimate of drug-likeness (QED) is 0.0951. The molecular formula is C37H26F3NO11. The molecule has 266 valence electrons. The van der Waals surface area contributed by atoms with Crippen LogP contribution in [0.15, 0.2) is 109 Å². The zero-order valence-electron chi connectivity index (χ0n) is 27.0. The van der Waals surface area contributed by atoms with Gasteiger partial charge in [0, 0.05) is 19.1 Å². The molecule has 0 aliphatic carbocycles. The first-order valence-electron chi connectivity index (χ1n) is 15.2. The third kappa shape index (κ3) is 9.90. The lowest BCUT2D eigenvalue weighted by Gasteiger charge is -2.17. The van der Waals surface area contributed by atoms with Gasteiger partial charge >= 0.3 is 30.1 Å². The van der Waals surface area contributed by atoms with Gasteiger partial charge < -0.3 is 23.7 Å². The van der Waals surface area contributed by atoms with Crippen molar-refractivity contribution in [3.05, 3.63) is 126 Å². The molecule has 1 unspecified atom stereocenters. The number of carbonyl (C=O) groups excluding carboxylic acids is 6. The Balaban J connectivity index is 1.13. The van der Waals surface area contributed by atoms with Gasteiger partial charge in [0.2, 0.25) is 0 Å². The molecule has 0 N–H and O–H groups in total. The van der Waals surface area contributed by atoms with Gasteiger partial charge in [-0.05, 0) is 90.5 Å². The first kappa shape index (κ1) is 36.5. The summed E-state index contributed by atoms with van der Waals surface area (Å²) in [5, 5.41) is 0. The van der Waals surface area contributed by atoms with Crippen LogP contribution < -0.4 is 23.8 Å². The Labute approximate surface area is 292 Å². The number of anilines is 1. The molecule has 52 heavy (non-hydrogen) atoms. The van der Waals surface area contributed by atoms with Crippen molar-refractivity contribution >= 4 is 41.4 Å². The fraction of sp³-hybridized carbons (Fsp3) is 0.135. The molecule has 0 radical (unpaired) electrons. The largest absolute Gasteiger partial charge is 0.484 e. The fourth-order valence-corrected chi connectivity index (χ4v) is 4.66. The number of halogens is 3. The normalized spacial score (nSPS) is 13.0. The predicted octanol–water partition coefficient (Wildman–Crippen LogP) is 6.10. The Morgan fingerprint density at radius 1 is 0.635 bits per heavy atom. The van der Waals surface area contributed by atoms with Crippen LogP contribution in [-0.4, -0.2) is 48.5 Å². The van der Waals surface area contributed by atoms with Gasteiger partial charge in [0.05, 0.1) is 23.2 Å². The first-order valence-corrected chi connectivity index (χ1v) is 15.2. The Bertz CT molecular complexity index is 1990. The summed E-state index contributed by atoms with van der Waals surface area (Å²) in [5.74, 6) is -3.68. The van der Waals surface area contributed by atoms with E-state index in [-0.39, 0.29) is 40.5 Å². The van der Waals surface area contributed by atoms with Crippen molar-refractivity contribution in [2.45, 2.75) is 25.6 Å². The molecule has 0 saturated heterocycles. The average Bonchev–Trinajstić information content (AvgIpc) is 3.44. The van der Waals surface area contributed by atoms with Crippen LogP contribution >= 0.6 is 0 Å². The number of esters is 4. The van der Waals surface area contributed by atoms with Gasteiger partial charge in [0.15, 0.2) is 6.61 Å². The van der Waals surface area contributed by atoms with Crippen LogP contribution in [0.2, 0.25) is 0 Å². The van der Waals surface area contributed by atoms with E-state index in [1.54, 1.807) is 0 Å². The lowest BCUT2D eigenvalue weighted by Crippen LogP contribution is -2.29. The van der Waals surface area contributed by atoms with Crippen LogP contribution in [0.25, 0.3) is 0 Å². The minimum Gasteiger partial charge on any atom is -0.484 e. The summed E-state index contributed by atoms with van der Waals surface area (Å²) in [6, 6.07) is 21.8. The van der Waals surface area contributed by atoms with E-state index in [1.807, 2.05) is 0 Å². The maximum Gasteiger partial charge on any atom is 0.422 e. The molecule has 1 aliphatic heterocycles. The molecule has 1 aliphatic rings. The van der Waals surface area contributed by atoms with Gasteiger partial charge in [-0.2, -0.15) is 13.2 Å². The van der Waals surface area contributed by atoms with Crippen LogP contribution in [-0.2, 0) is 23.9 Å². The van der Waals surface area contributed by atoms with Crippen molar-refractivity contribution in [3.8, 4) is 23.0 Å². The van der Waals surface area contributed by atoms with Crippen LogP contribution in [0.3, 0.4) is 0 Å². The van der Waals surface area contributed by atoms with Gasteiger partial charge in [-0.1, -0.05) is 12.1 Å². The molecule has 2 amide bonds. The molecule has 12 nitrogen and oxygen atoms in total. The smallest absolute Gasteiger partial charge is 0.422 e. The Morgan fingerprint density at radius 3 is 1.56 bits per heavy atom. The number of nitrogens with zero attached hydrogens (tertiary/aromatic N) is 1.